The van der Waals surface area contributed by atoms with Gasteiger partial charge < -0.3 is 5.11 Å². The molecule has 1 N–H and O–H groups in total. The first-order chi connectivity index (χ1) is 7.43. The Bertz CT molecular complexity index is 342. The first-order valence-electron chi connectivity index (χ1n) is 6.05. The molecule has 0 fully saturated rings. The van der Waals surface area contributed by atoms with Crippen molar-refractivity contribution in [3.63, 3.8) is 0 Å². The third-order valence-corrected chi connectivity index (χ3v) is 4.06. The number of hydrogen-bond donors (Lipinski definition) is 1. The summed E-state index contributed by atoms with van der Waals surface area (Å²) in [5.41, 5.74) is 4.13. The molecule has 0 bridgehead atoms. The first-order valence-corrected chi connectivity index (χ1v) is 6.05. The fraction of sp³-hybridized carbons (Fsp3) is 0.600. The van der Waals surface area contributed by atoms with Gasteiger partial charge in [0.05, 0.1) is 6.61 Å². The maximum Gasteiger partial charge on any atom is 0.0678 e. The summed E-state index contributed by atoms with van der Waals surface area (Å²) in [5, 5.41) is 9.17. The van der Waals surface area contributed by atoms with E-state index in [0.717, 1.165) is 12.0 Å². The summed E-state index contributed by atoms with van der Waals surface area (Å²) < 4.78 is 0. The zero-order valence-electron chi connectivity index (χ0n) is 11.2. The van der Waals surface area contributed by atoms with Crippen LogP contribution in [0.5, 0.6) is 0 Å². The second kappa shape index (κ2) is 5.01. The van der Waals surface area contributed by atoms with Gasteiger partial charge in [0.1, 0.15) is 0 Å². The van der Waals surface area contributed by atoms with Crippen molar-refractivity contribution >= 4 is 0 Å². The van der Waals surface area contributed by atoms with Crippen LogP contribution in [0.1, 0.15) is 41.0 Å². The van der Waals surface area contributed by atoms with Crippen molar-refractivity contribution in [1.29, 1.82) is 0 Å². The summed E-state index contributed by atoms with van der Waals surface area (Å²) in [4.78, 5) is 0. The Labute approximate surface area is 99.6 Å². The normalized spacial score (nSPS) is 25.9. The van der Waals surface area contributed by atoms with E-state index in [1.807, 2.05) is 13.0 Å². The van der Waals surface area contributed by atoms with Gasteiger partial charge in [0.25, 0.3) is 0 Å². The molecule has 1 heteroatoms. The lowest BCUT2D eigenvalue weighted by atomic mass is 9.74. The lowest BCUT2D eigenvalue weighted by molar-refractivity contribution is 0.328. The zero-order valence-corrected chi connectivity index (χ0v) is 11.2. The van der Waals surface area contributed by atoms with Crippen molar-refractivity contribution in [2.45, 2.75) is 41.0 Å². The molecule has 0 aromatic carbocycles. The van der Waals surface area contributed by atoms with E-state index in [1.165, 1.54) is 11.1 Å². The zero-order chi connectivity index (χ0) is 12.3. The van der Waals surface area contributed by atoms with E-state index in [9.17, 15) is 5.11 Å². The molecule has 0 heterocycles. The molecule has 1 aliphatic rings. The number of allylic oxidation sites excluding steroid dienone is 4. The smallest absolute Gasteiger partial charge is 0.0678 e. The van der Waals surface area contributed by atoms with Crippen molar-refractivity contribution < 1.29 is 5.11 Å². The summed E-state index contributed by atoms with van der Waals surface area (Å²) in [5.74, 6) is 0.578. The maximum absolute atomic E-state index is 9.17. The van der Waals surface area contributed by atoms with Gasteiger partial charge >= 0.3 is 0 Å². The molecule has 0 saturated heterocycles. The lowest BCUT2D eigenvalue weighted by Gasteiger charge is -2.30. The highest BCUT2D eigenvalue weighted by Gasteiger charge is 2.35. The van der Waals surface area contributed by atoms with Crippen molar-refractivity contribution in [2.24, 2.45) is 11.3 Å². The van der Waals surface area contributed by atoms with E-state index in [0.29, 0.717) is 5.92 Å². The van der Waals surface area contributed by atoms with Crippen LogP contribution in [-0.2, 0) is 0 Å². The molecular formula is C15H24O. The van der Waals surface area contributed by atoms with Gasteiger partial charge in [-0.05, 0) is 44.1 Å². The summed E-state index contributed by atoms with van der Waals surface area (Å²) >= 11 is 0. The highest BCUT2D eigenvalue weighted by atomic mass is 16.3. The third-order valence-electron chi connectivity index (χ3n) is 4.06. The van der Waals surface area contributed by atoms with Gasteiger partial charge in [-0.1, -0.05) is 43.2 Å². The van der Waals surface area contributed by atoms with Crippen LogP contribution < -0.4 is 0 Å². The fourth-order valence-corrected chi connectivity index (χ4v) is 2.50. The van der Waals surface area contributed by atoms with Crippen molar-refractivity contribution in [3.8, 4) is 0 Å². The second-order valence-corrected chi connectivity index (χ2v) is 5.31. The SMILES string of the molecule is C/C=C(/C=C(\C)C1CC=C(C)C1(C)C)CO. The second-order valence-electron chi connectivity index (χ2n) is 5.31. The fourth-order valence-electron chi connectivity index (χ4n) is 2.50. The van der Waals surface area contributed by atoms with E-state index in [2.05, 4.69) is 39.8 Å². The van der Waals surface area contributed by atoms with Gasteiger partial charge in [0, 0.05) is 0 Å². The van der Waals surface area contributed by atoms with Gasteiger partial charge in [-0.25, -0.2) is 0 Å². The summed E-state index contributed by atoms with van der Waals surface area (Å²) in [6.45, 7) is 11.1. The predicted octanol–water partition coefficient (Wildman–Crippen LogP) is 3.86. The molecule has 0 aromatic heterocycles. The van der Waals surface area contributed by atoms with E-state index >= 15 is 0 Å². The average Bonchev–Trinajstić information content (AvgIpc) is 2.50. The van der Waals surface area contributed by atoms with E-state index in [4.69, 9.17) is 0 Å². The molecule has 0 radical (unpaired) electrons. The van der Waals surface area contributed by atoms with Crippen molar-refractivity contribution in [3.05, 3.63) is 34.9 Å². The van der Waals surface area contributed by atoms with Gasteiger partial charge in [0.2, 0.25) is 0 Å². The van der Waals surface area contributed by atoms with Crippen LogP contribution in [0.2, 0.25) is 0 Å². The Kier molecular flexibility index (Phi) is 4.15. The molecule has 16 heavy (non-hydrogen) atoms. The van der Waals surface area contributed by atoms with Gasteiger partial charge in [-0.3, -0.25) is 0 Å². The van der Waals surface area contributed by atoms with Gasteiger partial charge in [0.15, 0.2) is 0 Å². The average molecular weight is 220 g/mol. The molecule has 0 aliphatic heterocycles. The monoisotopic (exact) mass is 220 g/mol. The Morgan fingerprint density at radius 2 is 2.19 bits per heavy atom. The molecule has 1 atom stereocenters. The third kappa shape index (κ3) is 2.46. The van der Waals surface area contributed by atoms with Crippen LogP contribution in [-0.4, -0.2) is 11.7 Å². The molecule has 0 amide bonds. The highest BCUT2D eigenvalue weighted by Crippen LogP contribution is 2.46. The Morgan fingerprint density at radius 1 is 1.56 bits per heavy atom. The standard InChI is InChI=1S/C15H24O/c1-6-13(10-16)9-11(2)14-8-7-12(3)15(14,4)5/h6-7,9,14,16H,8,10H2,1-5H3/b11-9+,13-6-. The number of rotatable bonds is 3. The Hall–Kier alpha value is -0.820. The minimum atomic E-state index is 0.132. The minimum Gasteiger partial charge on any atom is -0.392 e. The van der Waals surface area contributed by atoms with E-state index in [-0.39, 0.29) is 12.0 Å². The molecule has 1 rings (SSSR count). The van der Waals surface area contributed by atoms with Crippen LogP contribution in [0.4, 0.5) is 0 Å². The van der Waals surface area contributed by atoms with E-state index in [1.54, 1.807) is 0 Å². The van der Waals surface area contributed by atoms with Crippen molar-refractivity contribution in [2.75, 3.05) is 6.61 Å². The number of aliphatic hydroxyl groups is 1. The quantitative estimate of drug-likeness (QED) is 0.565. The molecule has 0 spiro atoms. The molecular weight excluding hydrogens is 196 g/mol. The summed E-state index contributed by atoms with van der Waals surface area (Å²) in [6, 6.07) is 0. The molecule has 1 aliphatic carbocycles. The molecule has 1 unspecified atom stereocenters. The highest BCUT2D eigenvalue weighted by molar-refractivity contribution is 5.31. The van der Waals surface area contributed by atoms with Crippen LogP contribution in [0, 0.1) is 11.3 Å². The first kappa shape index (κ1) is 13.2. The topological polar surface area (TPSA) is 20.2 Å². The molecule has 90 valence electrons. The minimum absolute atomic E-state index is 0.132. The molecule has 0 saturated carbocycles. The number of aliphatic hydroxyl groups excluding tert-OH is 1. The largest absolute Gasteiger partial charge is 0.392 e. The Balaban J connectivity index is 2.89. The van der Waals surface area contributed by atoms with Crippen molar-refractivity contribution in [1.82, 2.24) is 0 Å². The van der Waals surface area contributed by atoms with Crippen LogP contribution >= 0.6 is 0 Å². The van der Waals surface area contributed by atoms with Crippen LogP contribution in [0.15, 0.2) is 34.9 Å². The van der Waals surface area contributed by atoms with Gasteiger partial charge in [-0.2, -0.15) is 0 Å². The predicted molar refractivity (Wildman–Crippen MR) is 70.2 cm³/mol. The molecule has 0 aromatic rings. The number of hydrogen-bond acceptors (Lipinski definition) is 1. The molecule has 1 nitrogen and oxygen atoms in total. The van der Waals surface area contributed by atoms with Gasteiger partial charge in [-0.15, -0.1) is 0 Å². The summed E-state index contributed by atoms with van der Waals surface area (Å²) in [6.07, 6.45) is 7.59. The Morgan fingerprint density at radius 3 is 2.56 bits per heavy atom. The summed E-state index contributed by atoms with van der Waals surface area (Å²) in [7, 11) is 0. The van der Waals surface area contributed by atoms with Crippen LogP contribution in [0.3, 0.4) is 0 Å². The van der Waals surface area contributed by atoms with Crippen LogP contribution in [0.25, 0.3) is 0 Å². The lowest BCUT2D eigenvalue weighted by Crippen LogP contribution is -2.21. The maximum atomic E-state index is 9.17. The van der Waals surface area contributed by atoms with E-state index < -0.39 is 0 Å².